The molecule has 0 bridgehead atoms. The standard InChI is InChI=1S/C5H10O5S/c1-8-4-9-5-2-10-11(6,7)3-5/h5H,2-4H2,1H3. The monoisotopic (exact) mass is 182 g/mol. The molecule has 0 N–H and O–H groups in total. The molecule has 0 spiro atoms. The molecule has 1 fully saturated rings. The highest BCUT2D eigenvalue weighted by atomic mass is 32.2. The fraction of sp³-hybridized carbons (Fsp3) is 1.00. The van der Waals surface area contributed by atoms with Gasteiger partial charge in [0, 0.05) is 7.11 Å². The summed E-state index contributed by atoms with van der Waals surface area (Å²) in [5.74, 6) is -0.0731. The normalized spacial score (nSPS) is 29.0. The van der Waals surface area contributed by atoms with Gasteiger partial charge in [0.2, 0.25) is 0 Å². The fourth-order valence-corrected chi connectivity index (χ4v) is 1.87. The molecule has 0 aliphatic carbocycles. The maximum Gasteiger partial charge on any atom is 0.270 e. The van der Waals surface area contributed by atoms with Gasteiger partial charge in [-0.3, -0.25) is 4.18 Å². The summed E-state index contributed by atoms with van der Waals surface area (Å²) in [7, 11) is -1.83. The Morgan fingerprint density at radius 3 is 2.82 bits per heavy atom. The highest BCUT2D eigenvalue weighted by Crippen LogP contribution is 2.10. The van der Waals surface area contributed by atoms with Crippen molar-refractivity contribution in [2.45, 2.75) is 6.10 Å². The van der Waals surface area contributed by atoms with Crippen molar-refractivity contribution in [1.82, 2.24) is 0 Å². The van der Waals surface area contributed by atoms with Gasteiger partial charge < -0.3 is 9.47 Å². The van der Waals surface area contributed by atoms with Crippen LogP contribution in [0.1, 0.15) is 0 Å². The smallest absolute Gasteiger partial charge is 0.270 e. The number of hydrogen-bond donors (Lipinski definition) is 0. The molecule has 66 valence electrons. The molecule has 1 rings (SSSR count). The third-order valence-electron chi connectivity index (χ3n) is 1.25. The van der Waals surface area contributed by atoms with Gasteiger partial charge in [-0.2, -0.15) is 8.42 Å². The Bertz CT molecular complexity index is 209. The van der Waals surface area contributed by atoms with E-state index in [4.69, 9.17) is 4.74 Å². The molecule has 1 heterocycles. The molecule has 1 aliphatic rings. The van der Waals surface area contributed by atoms with Crippen LogP contribution in [-0.2, 0) is 23.8 Å². The topological polar surface area (TPSA) is 61.8 Å². The molecule has 1 unspecified atom stereocenters. The summed E-state index contributed by atoms with van der Waals surface area (Å²) in [5, 5.41) is 0. The lowest BCUT2D eigenvalue weighted by Gasteiger charge is -2.05. The van der Waals surface area contributed by atoms with Crippen molar-refractivity contribution >= 4 is 10.1 Å². The van der Waals surface area contributed by atoms with Crippen molar-refractivity contribution < 1.29 is 22.1 Å². The zero-order chi connectivity index (χ0) is 8.32. The molecule has 0 saturated carbocycles. The van der Waals surface area contributed by atoms with Gasteiger partial charge in [-0.1, -0.05) is 0 Å². The Kier molecular flexibility index (Phi) is 2.83. The second-order valence-electron chi connectivity index (χ2n) is 2.20. The maximum atomic E-state index is 10.7. The molecule has 0 aromatic carbocycles. The minimum absolute atomic E-state index is 0.0731. The van der Waals surface area contributed by atoms with Crippen LogP contribution in [0.5, 0.6) is 0 Å². The zero-order valence-electron chi connectivity index (χ0n) is 6.15. The molecule has 5 nitrogen and oxygen atoms in total. The van der Waals surface area contributed by atoms with Gasteiger partial charge in [-0.25, -0.2) is 0 Å². The average molecular weight is 182 g/mol. The lowest BCUT2D eigenvalue weighted by Crippen LogP contribution is -2.18. The Labute approximate surface area is 65.4 Å². The molecule has 0 aromatic rings. The summed E-state index contributed by atoms with van der Waals surface area (Å²) >= 11 is 0. The van der Waals surface area contributed by atoms with Crippen molar-refractivity contribution in [2.24, 2.45) is 0 Å². The first-order valence-corrected chi connectivity index (χ1v) is 4.69. The SMILES string of the molecule is COCOC1COS(=O)(=O)C1. The van der Waals surface area contributed by atoms with Crippen molar-refractivity contribution in [3.63, 3.8) is 0 Å². The third kappa shape index (κ3) is 2.74. The van der Waals surface area contributed by atoms with Gasteiger partial charge in [-0.05, 0) is 0 Å². The van der Waals surface area contributed by atoms with E-state index in [0.29, 0.717) is 0 Å². The van der Waals surface area contributed by atoms with Crippen LogP contribution in [-0.4, -0.2) is 40.8 Å². The molecule has 1 atom stereocenters. The van der Waals surface area contributed by atoms with Crippen LogP contribution in [0.25, 0.3) is 0 Å². The number of ether oxygens (including phenoxy) is 2. The highest BCUT2D eigenvalue weighted by Gasteiger charge is 2.29. The predicted octanol–water partition coefficient (Wildman–Crippen LogP) is -0.664. The number of rotatable bonds is 3. The molecular weight excluding hydrogens is 172 g/mol. The molecule has 6 heteroatoms. The third-order valence-corrected chi connectivity index (χ3v) is 2.52. The van der Waals surface area contributed by atoms with Crippen LogP contribution in [0.4, 0.5) is 0 Å². The first-order chi connectivity index (χ1) is 5.14. The minimum Gasteiger partial charge on any atom is -0.359 e. The summed E-state index contributed by atoms with van der Waals surface area (Å²) in [6.45, 7) is 0.204. The average Bonchev–Trinajstić information content (AvgIpc) is 2.26. The van der Waals surface area contributed by atoms with Crippen LogP contribution < -0.4 is 0 Å². The van der Waals surface area contributed by atoms with E-state index in [2.05, 4.69) is 8.92 Å². The fourth-order valence-electron chi connectivity index (χ4n) is 0.764. The minimum atomic E-state index is -3.31. The molecular formula is C5H10O5S. The van der Waals surface area contributed by atoms with Crippen LogP contribution in [0.2, 0.25) is 0 Å². The summed E-state index contributed by atoms with van der Waals surface area (Å²) in [6, 6.07) is 0. The lowest BCUT2D eigenvalue weighted by atomic mass is 10.4. The maximum absolute atomic E-state index is 10.7. The first-order valence-electron chi connectivity index (χ1n) is 3.12. The van der Waals surface area contributed by atoms with Gasteiger partial charge in [0.25, 0.3) is 10.1 Å². The summed E-state index contributed by atoms with van der Waals surface area (Å²) in [5.41, 5.74) is 0. The molecule has 11 heavy (non-hydrogen) atoms. The molecule has 0 aromatic heterocycles. The van der Waals surface area contributed by atoms with E-state index in [0.717, 1.165) is 0 Å². The molecule has 0 amide bonds. The van der Waals surface area contributed by atoms with Gasteiger partial charge in [0.15, 0.2) is 0 Å². The predicted molar refractivity (Wildman–Crippen MR) is 36.5 cm³/mol. The second-order valence-corrected chi connectivity index (χ2v) is 3.89. The van der Waals surface area contributed by atoms with Crippen molar-refractivity contribution in [3.8, 4) is 0 Å². The van der Waals surface area contributed by atoms with Crippen molar-refractivity contribution in [3.05, 3.63) is 0 Å². The van der Waals surface area contributed by atoms with Crippen LogP contribution in [0, 0.1) is 0 Å². The highest BCUT2D eigenvalue weighted by molar-refractivity contribution is 7.87. The van der Waals surface area contributed by atoms with Gasteiger partial charge >= 0.3 is 0 Å². The molecule has 1 aliphatic heterocycles. The Balaban J connectivity index is 2.31. The molecule has 1 saturated heterocycles. The van der Waals surface area contributed by atoms with E-state index in [1.54, 1.807) is 0 Å². The Hall–Kier alpha value is -0.170. The number of methoxy groups -OCH3 is 1. The van der Waals surface area contributed by atoms with Crippen molar-refractivity contribution in [2.75, 3.05) is 26.3 Å². The Morgan fingerprint density at radius 2 is 2.36 bits per heavy atom. The quantitative estimate of drug-likeness (QED) is 0.428. The van der Waals surface area contributed by atoms with Crippen LogP contribution in [0.3, 0.4) is 0 Å². The molecule has 0 radical (unpaired) electrons. The summed E-state index contributed by atoms with van der Waals surface area (Å²) in [6.07, 6.45) is -0.375. The zero-order valence-corrected chi connectivity index (χ0v) is 6.96. The van der Waals surface area contributed by atoms with E-state index in [1.807, 2.05) is 0 Å². The van der Waals surface area contributed by atoms with Crippen LogP contribution >= 0.6 is 0 Å². The van der Waals surface area contributed by atoms with Crippen LogP contribution in [0.15, 0.2) is 0 Å². The van der Waals surface area contributed by atoms with Gasteiger partial charge in [0.05, 0.1) is 6.61 Å². The van der Waals surface area contributed by atoms with E-state index in [1.165, 1.54) is 7.11 Å². The van der Waals surface area contributed by atoms with Crippen molar-refractivity contribution in [1.29, 1.82) is 0 Å². The first kappa shape index (κ1) is 8.92. The summed E-state index contributed by atoms with van der Waals surface area (Å²) in [4.78, 5) is 0. The largest absolute Gasteiger partial charge is 0.359 e. The summed E-state index contributed by atoms with van der Waals surface area (Å²) < 4.78 is 35.3. The lowest BCUT2D eigenvalue weighted by molar-refractivity contribution is -0.0681. The van der Waals surface area contributed by atoms with E-state index in [-0.39, 0.29) is 25.3 Å². The van der Waals surface area contributed by atoms with Gasteiger partial charge in [-0.15, -0.1) is 0 Å². The Morgan fingerprint density at radius 1 is 1.64 bits per heavy atom. The van der Waals surface area contributed by atoms with E-state index >= 15 is 0 Å². The van der Waals surface area contributed by atoms with E-state index in [9.17, 15) is 8.42 Å². The van der Waals surface area contributed by atoms with E-state index < -0.39 is 10.1 Å². The van der Waals surface area contributed by atoms with Gasteiger partial charge in [0.1, 0.15) is 18.6 Å². The second kappa shape index (κ2) is 3.48. The number of hydrogen-bond acceptors (Lipinski definition) is 5.